The smallest absolute Gasteiger partial charge is 0.243 e. The van der Waals surface area contributed by atoms with Crippen LogP contribution in [0.2, 0.25) is 0 Å². The van der Waals surface area contributed by atoms with Crippen LogP contribution in [0, 0.1) is 11.8 Å². The average molecular weight is 813 g/mol. The zero-order valence-corrected chi connectivity index (χ0v) is 34.5. The van der Waals surface area contributed by atoms with E-state index < -0.39 is 48.2 Å². The molecular formula is C48H56N6O6. The lowest BCUT2D eigenvalue weighted by Crippen LogP contribution is -2.61. The number of aliphatic hydroxyl groups is 2. The lowest BCUT2D eigenvalue weighted by Gasteiger charge is -2.35. The largest absolute Gasteiger partial charge is 0.388 e. The molecule has 2 aromatic heterocycles. The molecule has 4 aromatic carbocycles. The van der Waals surface area contributed by atoms with Gasteiger partial charge in [0.1, 0.15) is 24.3 Å². The first-order chi connectivity index (χ1) is 28.9. The molecule has 6 aromatic rings. The molecule has 0 saturated heterocycles. The van der Waals surface area contributed by atoms with Crippen molar-refractivity contribution in [3.8, 4) is 0 Å². The van der Waals surface area contributed by atoms with Gasteiger partial charge in [-0.3, -0.25) is 19.2 Å². The van der Waals surface area contributed by atoms with Crippen LogP contribution >= 0.6 is 0 Å². The Hall–Kier alpha value is -6.24. The summed E-state index contributed by atoms with van der Waals surface area (Å²) >= 11 is 0. The summed E-state index contributed by atoms with van der Waals surface area (Å²) in [6.45, 7) is 7.29. The van der Waals surface area contributed by atoms with E-state index in [1.165, 1.54) is 0 Å². The van der Waals surface area contributed by atoms with Crippen molar-refractivity contribution in [1.82, 2.24) is 31.2 Å². The Morgan fingerprint density at radius 3 is 1.22 bits per heavy atom. The minimum Gasteiger partial charge on any atom is -0.388 e. The molecule has 6 atom stereocenters. The average Bonchev–Trinajstić information content (AvgIpc) is 3.85. The van der Waals surface area contributed by atoms with E-state index in [-0.39, 0.29) is 49.3 Å². The van der Waals surface area contributed by atoms with Gasteiger partial charge >= 0.3 is 0 Å². The van der Waals surface area contributed by atoms with Crippen LogP contribution in [0.5, 0.6) is 0 Å². The molecule has 12 nitrogen and oxygen atoms in total. The van der Waals surface area contributed by atoms with Gasteiger partial charge in [0.15, 0.2) is 0 Å². The molecule has 0 spiro atoms. The predicted octanol–water partition coefficient (Wildman–Crippen LogP) is 4.89. The van der Waals surface area contributed by atoms with E-state index in [1.54, 1.807) is 12.4 Å². The SMILES string of the molecule is CC(C)[C@H](NC(=O)Cc1c[nH]c2ccccc12)C(=O)N[C@@H](Cc1ccccc1)[C@@H](O)[C@H](O)[C@H](Cc1ccccc1)NC(=O)[C@@H](NC(=O)Cc1c[nH]c2ccccc12)C(C)C. The van der Waals surface area contributed by atoms with Gasteiger partial charge in [-0.2, -0.15) is 0 Å². The quantitative estimate of drug-likeness (QED) is 0.0575. The molecule has 60 heavy (non-hydrogen) atoms. The van der Waals surface area contributed by atoms with E-state index in [0.29, 0.717) is 0 Å². The molecule has 0 aliphatic heterocycles. The number of rotatable bonds is 19. The fourth-order valence-corrected chi connectivity index (χ4v) is 7.69. The summed E-state index contributed by atoms with van der Waals surface area (Å²) in [5.41, 5.74) is 4.99. The Labute approximate surface area is 350 Å². The molecule has 0 aliphatic rings. The van der Waals surface area contributed by atoms with Crippen LogP contribution < -0.4 is 21.3 Å². The van der Waals surface area contributed by atoms with Gasteiger partial charge in [0.2, 0.25) is 23.6 Å². The second kappa shape index (κ2) is 20.1. The highest BCUT2D eigenvalue weighted by atomic mass is 16.3. The molecule has 0 aliphatic carbocycles. The van der Waals surface area contributed by atoms with Gasteiger partial charge in [0, 0.05) is 34.2 Å². The van der Waals surface area contributed by atoms with Crippen molar-refractivity contribution in [1.29, 1.82) is 0 Å². The first-order valence-corrected chi connectivity index (χ1v) is 20.6. The number of para-hydroxylation sites is 2. The molecule has 2 heterocycles. The van der Waals surface area contributed by atoms with Crippen LogP contribution in [0.3, 0.4) is 0 Å². The van der Waals surface area contributed by atoms with E-state index in [0.717, 1.165) is 44.1 Å². The van der Waals surface area contributed by atoms with E-state index in [2.05, 4.69) is 31.2 Å². The van der Waals surface area contributed by atoms with Crippen molar-refractivity contribution in [2.75, 3.05) is 0 Å². The normalized spacial score (nSPS) is 14.6. The number of benzene rings is 4. The summed E-state index contributed by atoms with van der Waals surface area (Å²) in [5, 5.41) is 37.7. The van der Waals surface area contributed by atoms with Crippen molar-refractivity contribution in [3.63, 3.8) is 0 Å². The van der Waals surface area contributed by atoms with Crippen molar-refractivity contribution >= 4 is 45.4 Å². The lowest BCUT2D eigenvalue weighted by molar-refractivity contribution is -0.132. The fraction of sp³-hybridized carbons (Fsp3) is 0.333. The molecule has 0 saturated carbocycles. The van der Waals surface area contributed by atoms with Crippen LogP contribution in [0.4, 0.5) is 0 Å². The number of aromatic nitrogens is 2. The minimum atomic E-state index is -1.58. The number of hydrogen-bond donors (Lipinski definition) is 8. The topological polar surface area (TPSA) is 188 Å². The second-order valence-corrected chi connectivity index (χ2v) is 16.2. The summed E-state index contributed by atoms with van der Waals surface area (Å²) < 4.78 is 0. The number of H-pyrrole nitrogens is 2. The summed E-state index contributed by atoms with van der Waals surface area (Å²) in [5.74, 6) is -2.36. The van der Waals surface area contributed by atoms with Gasteiger partial charge in [0.25, 0.3) is 0 Å². The fourth-order valence-electron chi connectivity index (χ4n) is 7.69. The van der Waals surface area contributed by atoms with Gasteiger partial charge in [-0.05, 0) is 59.1 Å². The van der Waals surface area contributed by atoms with Gasteiger partial charge < -0.3 is 41.4 Å². The number of amides is 4. The number of nitrogens with one attached hydrogen (secondary N) is 6. The van der Waals surface area contributed by atoms with Gasteiger partial charge in [-0.15, -0.1) is 0 Å². The molecule has 0 bridgehead atoms. The van der Waals surface area contributed by atoms with Crippen molar-refractivity contribution in [2.45, 2.75) is 89.8 Å². The minimum absolute atomic E-state index is 0.0526. The zero-order chi connectivity index (χ0) is 42.8. The van der Waals surface area contributed by atoms with Crippen LogP contribution in [-0.4, -0.2) is 80.2 Å². The number of aromatic amines is 2. The summed E-state index contributed by atoms with van der Waals surface area (Å²) in [7, 11) is 0. The number of carbonyl (C=O) groups is 4. The van der Waals surface area contributed by atoms with Crippen molar-refractivity contribution < 1.29 is 29.4 Å². The monoisotopic (exact) mass is 812 g/mol. The lowest BCUT2D eigenvalue weighted by atomic mass is 9.90. The van der Waals surface area contributed by atoms with E-state index in [4.69, 9.17) is 0 Å². The van der Waals surface area contributed by atoms with E-state index in [9.17, 15) is 29.4 Å². The highest BCUT2D eigenvalue weighted by molar-refractivity contribution is 5.93. The van der Waals surface area contributed by atoms with Crippen molar-refractivity contribution in [3.05, 3.63) is 144 Å². The molecule has 0 radical (unpaired) electrons. The van der Waals surface area contributed by atoms with Gasteiger partial charge in [0.05, 0.1) is 24.9 Å². The third-order valence-electron chi connectivity index (χ3n) is 11.0. The Kier molecular flexibility index (Phi) is 14.6. The second-order valence-electron chi connectivity index (χ2n) is 16.2. The van der Waals surface area contributed by atoms with Crippen LogP contribution in [0.25, 0.3) is 21.8 Å². The van der Waals surface area contributed by atoms with Crippen molar-refractivity contribution in [2.24, 2.45) is 11.8 Å². The summed E-state index contributed by atoms with van der Waals surface area (Å²) in [6, 6.07) is 29.9. The molecule has 4 amide bonds. The number of hydrogen-bond acceptors (Lipinski definition) is 6. The van der Waals surface area contributed by atoms with Crippen LogP contribution in [0.1, 0.15) is 49.9 Å². The Balaban J connectivity index is 1.20. The Morgan fingerprint density at radius 2 is 0.850 bits per heavy atom. The molecule has 6 rings (SSSR count). The zero-order valence-electron chi connectivity index (χ0n) is 34.5. The molecular weight excluding hydrogens is 757 g/mol. The molecule has 8 N–H and O–H groups in total. The molecule has 12 heteroatoms. The maximum absolute atomic E-state index is 14.1. The maximum Gasteiger partial charge on any atom is 0.243 e. The molecule has 314 valence electrons. The third kappa shape index (κ3) is 11.1. The Morgan fingerprint density at radius 1 is 0.500 bits per heavy atom. The third-order valence-corrected chi connectivity index (χ3v) is 11.0. The summed E-state index contributed by atoms with van der Waals surface area (Å²) in [4.78, 5) is 61.4. The standard InChI is InChI=1S/C48H56N6O6/c1-29(2)43(53-41(55)25-33-27-49-37-21-13-11-19-35(33)37)47(59)51-39(23-31-15-7-5-8-16-31)45(57)46(58)40(24-32-17-9-6-10-18-32)52-48(60)44(30(3)4)54-42(56)26-34-28-50-38-22-14-12-20-36(34)38/h5-22,27-30,39-40,43-46,49-50,57-58H,23-26H2,1-4H3,(H,51,59)(H,52,60)(H,53,55)(H,54,56)/t39-,40-,43-,44-,45+,46+/m0/s1. The Bertz CT molecular complexity index is 2190. The first-order valence-electron chi connectivity index (χ1n) is 20.6. The first kappa shape index (κ1) is 43.3. The van der Waals surface area contributed by atoms with Gasteiger partial charge in [-0.25, -0.2) is 0 Å². The highest BCUT2D eigenvalue weighted by Crippen LogP contribution is 2.21. The van der Waals surface area contributed by atoms with E-state index >= 15 is 0 Å². The summed E-state index contributed by atoms with van der Waals surface area (Å²) in [6.07, 6.45) is 0.810. The van der Waals surface area contributed by atoms with Gasteiger partial charge in [-0.1, -0.05) is 125 Å². The molecule has 0 unspecified atom stereocenters. The molecule has 0 fully saturated rings. The van der Waals surface area contributed by atoms with Crippen LogP contribution in [-0.2, 0) is 44.9 Å². The predicted molar refractivity (Wildman–Crippen MR) is 234 cm³/mol. The van der Waals surface area contributed by atoms with Crippen LogP contribution in [0.15, 0.2) is 122 Å². The maximum atomic E-state index is 14.1. The number of fused-ring (bicyclic) bond motifs is 2. The number of carbonyl (C=O) groups excluding carboxylic acids is 4. The number of aliphatic hydroxyl groups excluding tert-OH is 2. The highest BCUT2D eigenvalue weighted by Gasteiger charge is 2.37. The van der Waals surface area contributed by atoms with E-state index in [1.807, 2.05) is 137 Å².